The maximum Gasteiger partial charge on any atom is 0.274 e. The largest absolute Gasteiger partial charge is 0.394 e. The molecule has 0 atom stereocenters. The van der Waals surface area contributed by atoms with E-state index in [4.69, 9.17) is 0 Å². The molecule has 0 fully saturated rings. The molecule has 100 valence electrons. The zero-order chi connectivity index (χ0) is 13.8. The molecule has 0 unspecified atom stereocenters. The second-order valence-corrected chi connectivity index (χ2v) is 4.53. The molecule has 1 aromatic rings. The van der Waals surface area contributed by atoms with E-state index in [0.717, 1.165) is 12.8 Å². The van der Waals surface area contributed by atoms with Crippen molar-refractivity contribution in [3.05, 3.63) is 33.9 Å². The fourth-order valence-electron chi connectivity index (χ4n) is 1.88. The quantitative estimate of drug-likeness (QED) is 0.603. The van der Waals surface area contributed by atoms with Crippen LogP contribution in [0.15, 0.2) is 18.2 Å². The van der Waals surface area contributed by atoms with Gasteiger partial charge in [-0.25, -0.2) is 0 Å². The van der Waals surface area contributed by atoms with E-state index in [1.807, 2.05) is 13.8 Å². The van der Waals surface area contributed by atoms with Gasteiger partial charge in [0.1, 0.15) is 0 Å². The molecule has 0 aliphatic carbocycles. The molecule has 1 aromatic carbocycles. The van der Waals surface area contributed by atoms with Gasteiger partial charge < -0.3 is 10.4 Å². The molecule has 0 radical (unpaired) electrons. The summed E-state index contributed by atoms with van der Waals surface area (Å²) in [5.41, 5.74) is 0.987. The third-order valence-electron chi connectivity index (χ3n) is 3.47. The van der Waals surface area contributed by atoms with Crippen molar-refractivity contribution in [3.63, 3.8) is 0 Å². The van der Waals surface area contributed by atoms with Gasteiger partial charge in [-0.2, -0.15) is 0 Å². The van der Waals surface area contributed by atoms with Crippen molar-refractivity contribution in [1.29, 1.82) is 0 Å². The lowest BCUT2D eigenvalue weighted by molar-refractivity contribution is -0.385. The second-order valence-electron chi connectivity index (χ2n) is 4.53. The maximum atomic E-state index is 10.9. The van der Waals surface area contributed by atoms with E-state index in [2.05, 4.69) is 5.32 Å². The minimum absolute atomic E-state index is 0.00166. The number of benzene rings is 1. The smallest absolute Gasteiger partial charge is 0.274 e. The van der Waals surface area contributed by atoms with Crippen molar-refractivity contribution < 1.29 is 10.0 Å². The minimum atomic E-state index is -0.414. The molecule has 0 bridgehead atoms. The molecular formula is C13H20N2O3. The predicted molar refractivity (Wildman–Crippen MR) is 71.9 cm³/mol. The van der Waals surface area contributed by atoms with Crippen LogP contribution in [0, 0.1) is 17.0 Å². The molecule has 5 heteroatoms. The highest BCUT2D eigenvalue weighted by atomic mass is 16.6. The van der Waals surface area contributed by atoms with E-state index >= 15 is 0 Å². The first-order chi connectivity index (χ1) is 8.48. The van der Waals surface area contributed by atoms with Crippen molar-refractivity contribution in [1.82, 2.24) is 0 Å². The Morgan fingerprint density at radius 3 is 2.44 bits per heavy atom. The molecule has 0 aromatic heterocycles. The number of nitro benzene ring substituents is 1. The molecule has 0 saturated carbocycles. The van der Waals surface area contributed by atoms with E-state index in [-0.39, 0.29) is 17.2 Å². The summed E-state index contributed by atoms with van der Waals surface area (Å²) in [5, 5.41) is 23.6. The molecule has 0 aliphatic rings. The zero-order valence-electron chi connectivity index (χ0n) is 11.1. The van der Waals surface area contributed by atoms with Crippen LogP contribution < -0.4 is 5.32 Å². The van der Waals surface area contributed by atoms with Gasteiger partial charge in [0.2, 0.25) is 0 Å². The molecule has 0 amide bonds. The number of aryl methyl sites for hydroxylation is 1. The lowest BCUT2D eigenvalue weighted by Gasteiger charge is -2.31. The van der Waals surface area contributed by atoms with Crippen LogP contribution in [-0.2, 0) is 0 Å². The third-order valence-corrected chi connectivity index (χ3v) is 3.47. The number of hydrogen-bond acceptors (Lipinski definition) is 4. The van der Waals surface area contributed by atoms with E-state index < -0.39 is 5.54 Å². The SMILES string of the molecule is CCC(CC)(CO)Nc1ccc(C)c([N+](=O)[O-])c1. The Hall–Kier alpha value is -1.62. The summed E-state index contributed by atoms with van der Waals surface area (Å²) in [5.74, 6) is 0. The Bertz CT molecular complexity index is 420. The molecular weight excluding hydrogens is 232 g/mol. The average molecular weight is 252 g/mol. The molecule has 0 heterocycles. The first kappa shape index (κ1) is 14.4. The number of rotatable bonds is 6. The lowest BCUT2D eigenvalue weighted by Crippen LogP contribution is -2.40. The maximum absolute atomic E-state index is 10.9. The summed E-state index contributed by atoms with van der Waals surface area (Å²) >= 11 is 0. The second kappa shape index (κ2) is 5.82. The standard InChI is InChI=1S/C13H20N2O3/c1-4-13(5-2,9-16)14-11-7-6-10(3)12(8-11)15(17)18/h6-8,14,16H,4-5,9H2,1-3H3. The summed E-state index contributed by atoms with van der Waals surface area (Å²) in [6, 6.07) is 5.04. The van der Waals surface area contributed by atoms with Crippen LogP contribution in [0.3, 0.4) is 0 Å². The number of nitro groups is 1. The van der Waals surface area contributed by atoms with Crippen molar-refractivity contribution in [3.8, 4) is 0 Å². The van der Waals surface area contributed by atoms with Gasteiger partial charge in [0, 0.05) is 17.3 Å². The van der Waals surface area contributed by atoms with Crippen LogP contribution in [0.5, 0.6) is 0 Å². The van der Waals surface area contributed by atoms with Crippen molar-refractivity contribution in [2.24, 2.45) is 0 Å². The van der Waals surface area contributed by atoms with E-state index in [9.17, 15) is 15.2 Å². The minimum Gasteiger partial charge on any atom is -0.394 e. The van der Waals surface area contributed by atoms with E-state index in [1.165, 1.54) is 6.07 Å². The van der Waals surface area contributed by atoms with E-state index in [0.29, 0.717) is 11.3 Å². The molecule has 0 aliphatic heterocycles. The Morgan fingerprint density at radius 1 is 1.39 bits per heavy atom. The highest BCUT2D eigenvalue weighted by molar-refractivity contribution is 5.56. The average Bonchev–Trinajstić information content (AvgIpc) is 2.38. The predicted octanol–water partition coefficient (Wildman–Crippen LogP) is 2.87. The van der Waals surface area contributed by atoms with Gasteiger partial charge in [0.25, 0.3) is 5.69 Å². The molecule has 0 spiro atoms. The summed E-state index contributed by atoms with van der Waals surface area (Å²) in [4.78, 5) is 10.5. The summed E-state index contributed by atoms with van der Waals surface area (Å²) in [6.07, 6.45) is 1.50. The van der Waals surface area contributed by atoms with Crippen molar-refractivity contribution >= 4 is 11.4 Å². The van der Waals surface area contributed by atoms with Gasteiger partial charge in [-0.05, 0) is 25.8 Å². The number of nitrogens with one attached hydrogen (secondary N) is 1. The first-order valence-corrected chi connectivity index (χ1v) is 6.12. The Labute approximate surface area is 107 Å². The fraction of sp³-hybridized carbons (Fsp3) is 0.538. The summed E-state index contributed by atoms with van der Waals surface area (Å²) < 4.78 is 0. The van der Waals surface area contributed by atoms with Gasteiger partial charge >= 0.3 is 0 Å². The monoisotopic (exact) mass is 252 g/mol. The number of anilines is 1. The van der Waals surface area contributed by atoms with Crippen molar-refractivity contribution in [2.45, 2.75) is 39.2 Å². The highest BCUT2D eigenvalue weighted by Crippen LogP contribution is 2.27. The summed E-state index contributed by atoms with van der Waals surface area (Å²) in [7, 11) is 0. The lowest BCUT2D eigenvalue weighted by atomic mass is 9.93. The van der Waals surface area contributed by atoms with Crippen molar-refractivity contribution in [2.75, 3.05) is 11.9 Å². The summed E-state index contributed by atoms with van der Waals surface area (Å²) in [6.45, 7) is 5.67. The Morgan fingerprint density at radius 2 is 2.00 bits per heavy atom. The highest BCUT2D eigenvalue weighted by Gasteiger charge is 2.25. The molecule has 18 heavy (non-hydrogen) atoms. The normalized spacial score (nSPS) is 11.3. The Balaban J connectivity index is 3.04. The first-order valence-electron chi connectivity index (χ1n) is 6.12. The van der Waals surface area contributed by atoms with Crippen LogP contribution in [0.25, 0.3) is 0 Å². The fourth-order valence-corrected chi connectivity index (χ4v) is 1.88. The van der Waals surface area contributed by atoms with E-state index in [1.54, 1.807) is 19.1 Å². The third kappa shape index (κ3) is 2.98. The van der Waals surface area contributed by atoms with Crippen LogP contribution in [-0.4, -0.2) is 22.2 Å². The number of aliphatic hydroxyl groups excluding tert-OH is 1. The van der Waals surface area contributed by atoms with Gasteiger partial charge in [-0.3, -0.25) is 10.1 Å². The van der Waals surface area contributed by atoms with Crippen LogP contribution >= 0.6 is 0 Å². The van der Waals surface area contributed by atoms with Gasteiger partial charge in [-0.15, -0.1) is 0 Å². The van der Waals surface area contributed by atoms with Gasteiger partial charge in [0.05, 0.1) is 17.1 Å². The molecule has 0 saturated heterocycles. The molecule has 1 rings (SSSR count). The van der Waals surface area contributed by atoms with Crippen LogP contribution in [0.1, 0.15) is 32.3 Å². The van der Waals surface area contributed by atoms with Gasteiger partial charge in [0.15, 0.2) is 0 Å². The van der Waals surface area contributed by atoms with Crippen LogP contribution in [0.2, 0.25) is 0 Å². The topological polar surface area (TPSA) is 75.4 Å². The zero-order valence-corrected chi connectivity index (χ0v) is 11.1. The molecule has 2 N–H and O–H groups in total. The van der Waals surface area contributed by atoms with Gasteiger partial charge in [-0.1, -0.05) is 19.9 Å². The number of aliphatic hydroxyl groups is 1. The number of hydrogen-bond donors (Lipinski definition) is 2. The van der Waals surface area contributed by atoms with Crippen LogP contribution in [0.4, 0.5) is 11.4 Å². The Kier molecular flexibility index (Phi) is 4.67. The molecule has 5 nitrogen and oxygen atoms in total. The number of nitrogens with zero attached hydrogens (tertiary/aromatic N) is 1.